The Morgan fingerprint density at radius 2 is 2.38 bits per heavy atom. The van der Waals surface area contributed by atoms with Crippen LogP contribution in [0.4, 0.5) is 0 Å². The van der Waals surface area contributed by atoms with Gasteiger partial charge in [0.2, 0.25) is 0 Å². The van der Waals surface area contributed by atoms with Crippen molar-refractivity contribution in [3.8, 4) is 0 Å². The Balaban J connectivity index is 3.00. The second-order valence-corrected chi connectivity index (χ2v) is 3.71. The molecule has 0 aromatic carbocycles. The number of aryl methyl sites for hydroxylation is 1. The van der Waals surface area contributed by atoms with E-state index in [1.165, 1.54) is 17.4 Å². The first-order valence-corrected chi connectivity index (χ1v) is 4.34. The molecule has 0 bridgehead atoms. The van der Waals surface area contributed by atoms with Crippen LogP contribution in [0.5, 0.6) is 0 Å². The van der Waals surface area contributed by atoms with E-state index in [0.29, 0.717) is 0 Å². The molecule has 0 saturated heterocycles. The summed E-state index contributed by atoms with van der Waals surface area (Å²) in [5.74, 6) is -1.18. The third-order valence-corrected chi connectivity index (χ3v) is 2.33. The molecule has 66 valence electrons. The van der Waals surface area contributed by atoms with E-state index in [2.05, 4.69) is 4.85 Å². The number of hydrogen-bond acceptors (Lipinski definition) is 2. The summed E-state index contributed by atoms with van der Waals surface area (Å²) in [6.07, 6.45) is 1.38. The van der Waals surface area contributed by atoms with Gasteiger partial charge in [0.15, 0.2) is 0 Å². The largest absolute Gasteiger partial charge is 0.486 e. The lowest BCUT2D eigenvalue weighted by Gasteiger charge is -1.87. The number of carboxylic acids is 1. The van der Waals surface area contributed by atoms with Gasteiger partial charge in [0.25, 0.3) is 5.70 Å². The smallest absolute Gasteiger partial charge is 0.333 e. The van der Waals surface area contributed by atoms with E-state index in [0.717, 1.165) is 9.75 Å². The van der Waals surface area contributed by atoms with Gasteiger partial charge in [-0.25, -0.2) is 4.85 Å². The summed E-state index contributed by atoms with van der Waals surface area (Å²) in [6.45, 7) is 8.56. The summed E-state index contributed by atoms with van der Waals surface area (Å²) in [5, 5.41) is 8.56. The predicted octanol–water partition coefficient (Wildman–Crippen LogP) is 2.40. The van der Waals surface area contributed by atoms with Crippen LogP contribution in [-0.4, -0.2) is 11.1 Å². The molecule has 1 rings (SSSR count). The van der Waals surface area contributed by atoms with Crippen LogP contribution in [-0.2, 0) is 4.79 Å². The first-order chi connectivity index (χ1) is 6.13. The predicted molar refractivity (Wildman–Crippen MR) is 51.3 cm³/mol. The zero-order valence-electron chi connectivity index (χ0n) is 6.94. The summed E-state index contributed by atoms with van der Waals surface area (Å²) in [5.41, 5.74) is -0.248. The normalized spacial score (nSPS) is 10.9. The van der Waals surface area contributed by atoms with Crippen LogP contribution in [0.3, 0.4) is 0 Å². The van der Waals surface area contributed by atoms with Crippen LogP contribution in [0, 0.1) is 13.5 Å². The van der Waals surface area contributed by atoms with Gasteiger partial charge in [-0.2, -0.15) is 0 Å². The van der Waals surface area contributed by atoms with Gasteiger partial charge in [-0.15, -0.1) is 11.3 Å². The molecule has 0 amide bonds. The summed E-state index contributed by atoms with van der Waals surface area (Å²) in [6, 6.07) is 3.69. The lowest BCUT2D eigenvalue weighted by molar-refractivity contribution is -0.132. The van der Waals surface area contributed by atoms with Crippen molar-refractivity contribution in [2.24, 2.45) is 0 Å². The maximum Gasteiger partial charge on any atom is 0.333 e. The van der Waals surface area contributed by atoms with Gasteiger partial charge < -0.3 is 5.11 Å². The fourth-order valence-corrected chi connectivity index (χ4v) is 1.62. The number of carboxylic acid groups (broad SMARTS) is 1. The van der Waals surface area contributed by atoms with Gasteiger partial charge in [-0.3, -0.25) is 4.79 Å². The molecule has 0 atom stereocenters. The minimum absolute atomic E-state index is 0.248. The Kier molecular flexibility index (Phi) is 2.83. The van der Waals surface area contributed by atoms with Gasteiger partial charge in [0.05, 0.1) is 6.57 Å². The van der Waals surface area contributed by atoms with E-state index in [1.54, 1.807) is 6.07 Å². The van der Waals surface area contributed by atoms with Crippen LogP contribution in [0.15, 0.2) is 17.8 Å². The van der Waals surface area contributed by atoms with Crippen LogP contribution < -0.4 is 0 Å². The minimum Gasteiger partial charge on any atom is -0.486 e. The third-order valence-electron chi connectivity index (χ3n) is 1.38. The number of aliphatic carboxylic acids is 1. The topological polar surface area (TPSA) is 41.7 Å². The molecule has 0 unspecified atom stereocenters. The molecular weight excluding hydrogens is 186 g/mol. The maximum absolute atomic E-state index is 10.5. The fraction of sp³-hybridized carbons (Fsp3) is 0.111. The lowest BCUT2D eigenvalue weighted by atomic mass is 10.3. The first kappa shape index (κ1) is 9.49. The highest BCUT2D eigenvalue weighted by Gasteiger charge is 2.06. The molecule has 0 radical (unpaired) electrons. The molecule has 0 spiro atoms. The van der Waals surface area contributed by atoms with E-state index < -0.39 is 5.97 Å². The zero-order valence-corrected chi connectivity index (χ0v) is 7.76. The van der Waals surface area contributed by atoms with Crippen molar-refractivity contribution in [1.82, 2.24) is 0 Å². The highest BCUT2D eigenvalue weighted by Crippen LogP contribution is 2.18. The Morgan fingerprint density at radius 3 is 2.77 bits per heavy atom. The standard InChI is InChI=1S/C9H7NO2S/c1-6-3-4-7(13-6)5-8(10-2)9(11)12/h3-5H,1H3,(H,11,12)/b8-5-. The van der Waals surface area contributed by atoms with Crippen LogP contribution >= 0.6 is 11.3 Å². The average molecular weight is 193 g/mol. The Morgan fingerprint density at radius 1 is 1.69 bits per heavy atom. The SMILES string of the molecule is [C-]#[N+]/C(=C\c1ccc(C)s1)C(=O)O. The summed E-state index contributed by atoms with van der Waals surface area (Å²) in [7, 11) is 0. The molecule has 13 heavy (non-hydrogen) atoms. The molecule has 1 aromatic rings. The highest BCUT2D eigenvalue weighted by atomic mass is 32.1. The number of nitrogens with zero attached hydrogens (tertiary/aromatic N) is 1. The molecule has 3 nitrogen and oxygen atoms in total. The molecule has 1 heterocycles. The van der Waals surface area contributed by atoms with Gasteiger partial charge in [-0.1, -0.05) is 0 Å². The van der Waals surface area contributed by atoms with Crippen LogP contribution in [0.1, 0.15) is 9.75 Å². The van der Waals surface area contributed by atoms with Crippen LogP contribution in [0.25, 0.3) is 10.9 Å². The summed E-state index contributed by atoms with van der Waals surface area (Å²) in [4.78, 5) is 15.3. The zero-order chi connectivity index (χ0) is 9.84. The molecule has 4 heteroatoms. The van der Waals surface area contributed by atoms with Gasteiger partial charge in [0, 0.05) is 9.75 Å². The van der Waals surface area contributed by atoms with E-state index in [-0.39, 0.29) is 5.70 Å². The number of carbonyl (C=O) groups is 1. The van der Waals surface area contributed by atoms with Crippen molar-refractivity contribution in [3.05, 3.63) is 39.0 Å². The van der Waals surface area contributed by atoms with Crippen molar-refractivity contribution >= 4 is 23.4 Å². The first-order valence-electron chi connectivity index (χ1n) is 3.52. The number of thiophene rings is 1. The van der Waals surface area contributed by atoms with Gasteiger partial charge in [-0.05, 0) is 25.1 Å². The van der Waals surface area contributed by atoms with Crippen molar-refractivity contribution in [2.75, 3.05) is 0 Å². The average Bonchev–Trinajstić information content (AvgIpc) is 2.46. The quantitative estimate of drug-likeness (QED) is 0.578. The molecular formula is C9H7NO2S. The van der Waals surface area contributed by atoms with Crippen molar-refractivity contribution in [2.45, 2.75) is 6.92 Å². The fourth-order valence-electron chi connectivity index (χ4n) is 0.808. The summed E-state index contributed by atoms with van der Waals surface area (Å²) < 4.78 is 0. The van der Waals surface area contributed by atoms with Gasteiger partial charge >= 0.3 is 5.97 Å². The molecule has 1 aromatic heterocycles. The lowest BCUT2D eigenvalue weighted by Crippen LogP contribution is -1.94. The van der Waals surface area contributed by atoms with E-state index in [1.807, 2.05) is 13.0 Å². The Hall–Kier alpha value is -1.60. The van der Waals surface area contributed by atoms with Crippen molar-refractivity contribution < 1.29 is 9.90 Å². The maximum atomic E-state index is 10.5. The minimum atomic E-state index is -1.18. The highest BCUT2D eigenvalue weighted by molar-refractivity contribution is 7.12. The van der Waals surface area contributed by atoms with Crippen LogP contribution in [0.2, 0.25) is 0 Å². The van der Waals surface area contributed by atoms with Gasteiger partial charge in [0.1, 0.15) is 0 Å². The van der Waals surface area contributed by atoms with Crippen molar-refractivity contribution in [3.63, 3.8) is 0 Å². The third kappa shape index (κ3) is 2.42. The van der Waals surface area contributed by atoms with Crippen molar-refractivity contribution in [1.29, 1.82) is 0 Å². The second-order valence-electron chi connectivity index (χ2n) is 2.39. The van der Waals surface area contributed by atoms with E-state index in [4.69, 9.17) is 11.7 Å². The molecule has 0 saturated carbocycles. The Bertz CT molecular complexity index is 398. The molecule has 0 aliphatic rings. The molecule has 0 aliphatic carbocycles. The summed E-state index contributed by atoms with van der Waals surface area (Å²) >= 11 is 1.47. The molecule has 0 fully saturated rings. The number of hydrogen-bond donors (Lipinski definition) is 1. The monoisotopic (exact) mass is 193 g/mol. The van der Waals surface area contributed by atoms with E-state index in [9.17, 15) is 4.79 Å². The van der Waals surface area contributed by atoms with E-state index >= 15 is 0 Å². The Labute approximate surface area is 79.8 Å². The number of rotatable bonds is 2. The molecule has 0 aliphatic heterocycles. The second kappa shape index (κ2) is 3.87. The molecule has 1 N–H and O–H groups in total.